The van der Waals surface area contributed by atoms with E-state index in [0.29, 0.717) is 22.6 Å². The highest BCUT2D eigenvalue weighted by atomic mass is 19.1. The molecular weight excluding hydrogens is 247 g/mol. The van der Waals surface area contributed by atoms with Gasteiger partial charge in [-0.25, -0.2) is 4.39 Å². The van der Waals surface area contributed by atoms with Crippen molar-refractivity contribution in [2.24, 2.45) is 0 Å². The predicted molar refractivity (Wildman–Crippen MR) is 70.3 cm³/mol. The van der Waals surface area contributed by atoms with Crippen LogP contribution in [0.3, 0.4) is 0 Å². The Hall–Kier alpha value is -2.50. The van der Waals surface area contributed by atoms with Gasteiger partial charge in [-0.3, -0.25) is 4.79 Å². The first kappa shape index (κ1) is 12.9. The predicted octanol–water partition coefficient (Wildman–Crippen LogP) is 2.07. The number of nitrogen functional groups attached to an aromatic ring is 1. The molecule has 0 unspecified atom stereocenters. The molecule has 0 aliphatic rings. The molecule has 0 spiro atoms. The van der Waals surface area contributed by atoms with Crippen LogP contribution in [-0.2, 0) is 0 Å². The first-order valence-electron chi connectivity index (χ1n) is 5.64. The molecule has 19 heavy (non-hydrogen) atoms. The highest BCUT2D eigenvalue weighted by molar-refractivity contribution is 6.05. The summed E-state index contributed by atoms with van der Waals surface area (Å²) in [6.07, 6.45) is 0. The lowest BCUT2D eigenvalue weighted by Crippen LogP contribution is -2.15. The minimum atomic E-state index is -0.504. The lowest BCUT2D eigenvalue weighted by Gasteiger charge is -2.08. The van der Waals surface area contributed by atoms with Crippen molar-refractivity contribution in [2.75, 3.05) is 11.1 Å². The van der Waals surface area contributed by atoms with Gasteiger partial charge in [0.25, 0.3) is 5.91 Å². The van der Waals surface area contributed by atoms with E-state index in [1.54, 1.807) is 19.9 Å². The van der Waals surface area contributed by atoms with Crippen molar-refractivity contribution in [1.82, 2.24) is 10.2 Å². The number of benzene rings is 1. The maximum absolute atomic E-state index is 13.2. The van der Waals surface area contributed by atoms with Crippen LogP contribution in [0.2, 0.25) is 0 Å². The molecule has 3 N–H and O–H groups in total. The fraction of sp³-hybridized carbons (Fsp3) is 0.154. The average molecular weight is 260 g/mol. The monoisotopic (exact) mass is 260 g/mol. The fourth-order valence-electron chi connectivity index (χ4n) is 1.66. The van der Waals surface area contributed by atoms with E-state index >= 15 is 0 Å². The van der Waals surface area contributed by atoms with Gasteiger partial charge in [0.2, 0.25) is 0 Å². The number of nitrogens with two attached hydrogens (primary N) is 1. The third-order valence-corrected chi connectivity index (χ3v) is 2.52. The van der Waals surface area contributed by atoms with Crippen LogP contribution in [0.25, 0.3) is 0 Å². The highest BCUT2D eigenvalue weighted by Crippen LogP contribution is 2.17. The SMILES string of the molecule is Cc1cc(C(=O)Nc2cc(N)cc(F)c2)c(C)nn1. The number of hydrogen-bond donors (Lipinski definition) is 2. The third kappa shape index (κ3) is 3.04. The second-order valence-corrected chi connectivity index (χ2v) is 4.21. The van der Waals surface area contributed by atoms with Crippen LogP contribution < -0.4 is 11.1 Å². The van der Waals surface area contributed by atoms with Gasteiger partial charge in [-0.1, -0.05) is 0 Å². The van der Waals surface area contributed by atoms with Gasteiger partial charge in [-0.2, -0.15) is 10.2 Å². The van der Waals surface area contributed by atoms with Gasteiger partial charge in [-0.15, -0.1) is 0 Å². The van der Waals surface area contributed by atoms with E-state index in [0.717, 1.165) is 0 Å². The maximum Gasteiger partial charge on any atom is 0.257 e. The molecule has 0 atom stereocenters. The molecule has 5 nitrogen and oxygen atoms in total. The second-order valence-electron chi connectivity index (χ2n) is 4.21. The Morgan fingerprint density at radius 2 is 1.95 bits per heavy atom. The molecule has 0 fully saturated rings. The molecule has 1 heterocycles. The summed E-state index contributed by atoms with van der Waals surface area (Å²) in [5.74, 6) is -0.878. The third-order valence-electron chi connectivity index (χ3n) is 2.52. The van der Waals surface area contributed by atoms with Crippen molar-refractivity contribution in [3.63, 3.8) is 0 Å². The first-order chi connectivity index (χ1) is 8.95. The van der Waals surface area contributed by atoms with E-state index in [2.05, 4.69) is 15.5 Å². The van der Waals surface area contributed by atoms with Crippen LogP contribution in [0.15, 0.2) is 24.3 Å². The van der Waals surface area contributed by atoms with Gasteiger partial charge in [0, 0.05) is 11.4 Å². The van der Waals surface area contributed by atoms with E-state index in [1.165, 1.54) is 18.2 Å². The number of carbonyl (C=O) groups excluding carboxylic acids is 1. The van der Waals surface area contributed by atoms with Gasteiger partial charge in [-0.05, 0) is 38.1 Å². The van der Waals surface area contributed by atoms with E-state index in [-0.39, 0.29) is 11.6 Å². The van der Waals surface area contributed by atoms with E-state index in [4.69, 9.17) is 5.73 Å². The number of amides is 1. The second kappa shape index (κ2) is 5.01. The number of anilines is 2. The lowest BCUT2D eigenvalue weighted by molar-refractivity contribution is 0.102. The van der Waals surface area contributed by atoms with Crippen LogP contribution in [0.4, 0.5) is 15.8 Å². The summed E-state index contributed by atoms with van der Waals surface area (Å²) in [7, 11) is 0. The molecule has 1 aromatic carbocycles. The Balaban J connectivity index is 2.28. The van der Waals surface area contributed by atoms with Crippen molar-refractivity contribution in [1.29, 1.82) is 0 Å². The first-order valence-corrected chi connectivity index (χ1v) is 5.64. The van der Waals surface area contributed by atoms with E-state index in [1.807, 2.05) is 0 Å². The summed E-state index contributed by atoms with van der Waals surface area (Å²) in [5.41, 5.74) is 7.60. The number of aryl methyl sites for hydroxylation is 2. The van der Waals surface area contributed by atoms with Crippen molar-refractivity contribution in [2.45, 2.75) is 13.8 Å². The molecule has 0 aliphatic heterocycles. The zero-order chi connectivity index (χ0) is 14.0. The van der Waals surface area contributed by atoms with Crippen LogP contribution in [0.1, 0.15) is 21.7 Å². The van der Waals surface area contributed by atoms with Crippen molar-refractivity contribution >= 4 is 17.3 Å². The van der Waals surface area contributed by atoms with Gasteiger partial charge in [0.05, 0.1) is 17.0 Å². The summed E-state index contributed by atoms with van der Waals surface area (Å²) < 4.78 is 13.2. The van der Waals surface area contributed by atoms with Gasteiger partial charge >= 0.3 is 0 Å². The minimum Gasteiger partial charge on any atom is -0.399 e. The Morgan fingerprint density at radius 3 is 2.63 bits per heavy atom. The number of hydrogen-bond acceptors (Lipinski definition) is 4. The average Bonchev–Trinajstić information content (AvgIpc) is 2.30. The smallest absolute Gasteiger partial charge is 0.257 e. The minimum absolute atomic E-state index is 0.246. The quantitative estimate of drug-likeness (QED) is 0.810. The normalized spacial score (nSPS) is 10.3. The van der Waals surface area contributed by atoms with Crippen LogP contribution in [-0.4, -0.2) is 16.1 Å². The number of nitrogens with one attached hydrogen (secondary N) is 1. The van der Waals surface area contributed by atoms with Gasteiger partial charge < -0.3 is 11.1 Å². The molecular formula is C13H13FN4O. The summed E-state index contributed by atoms with van der Waals surface area (Å²) in [6.45, 7) is 3.42. The number of aromatic nitrogens is 2. The molecule has 1 aromatic heterocycles. The topological polar surface area (TPSA) is 80.9 Å². The Kier molecular flexibility index (Phi) is 3.41. The molecule has 0 saturated carbocycles. The zero-order valence-corrected chi connectivity index (χ0v) is 10.6. The fourth-order valence-corrected chi connectivity index (χ4v) is 1.66. The highest BCUT2D eigenvalue weighted by Gasteiger charge is 2.12. The summed E-state index contributed by atoms with van der Waals surface area (Å²) in [6, 6.07) is 5.49. The number of nitrogens with zero attached hydrogens (tertiary/aromatic N) is 2. The Labute approximate surface area is 109 Å². The molecule has 1 amide bonds. The van der Waals surface area contributed by atoms with E-state index < -0.39 is 5.82 Å². The van der Waals surface area contributed by atoms with Crippen molar-refractivity contribution < 1.29 is 9.18 Å². The van der Waals surface area contributed by atoms with Crippen LogP contribution in [0, 0.1) is 19.7 Å². The molecule has 2 rings (SSSR count). The maximum atomic E-state index is 13.2. The standard InChI is InChI=1S/C13H13FN4O/c1-7-3-12(8(2)18-17-7)13(19)16-11-5-9(14)4-10(15)6-11/h3-6H,15H2,1-2H3,(H,16,19). The zero-order valence-electron chi connectivity index (χ0n) is 10.6. The van der Waals surface area contributed by atoms with Crippen LogP contribution in [0.5, 0.6) is 0 Å². The van der Waals surface area contributed by atoms with Crippen LogP contribution >= 0.6 is 0 Å². The molecule has 0 aliphatic carbocycles. The Bertz CT molecular complexity index is 622. The lowest BCUT2D eigenvalue weighted by atomic mass is 10.2. The largest absolute Gasteiger partial charge is 0.399 e. The molecule has 0 saturated heterocycles. The van der Waals surface area contributed by atoms with E-state index in [9.17, 15) is 9.18 Å². The Morgan fingerprint density at radius 1 is 1.21 bits per heavy atom. The number of halogens is 1. The molecule has 0 bridgehead atoms. The number of carbonyl (C=O) groups is 1. The summed E-state index contributed by atoms with van der Waals surface area (Å²) in [4.78, 5) is 12.1. The van der Waals surface area contributed by atoms with Gasteiger partial charge in [0.1, 0.15) is 5.82 Å². The summed E-state index contributed by atoms with van der Waals surface area (Å²) >= 11 is 0. The molecule has 2 aromatic rings. The van der Waals surface area contributed by atoms with Crippen molar-refractivity contribution in [3.8, 4) is 0 Å². The molecule has 98 valence electrons. The molecule has 0 radical (unpaired) electrons. The summed E-state index contributed by atoms with van der Waals surface area (Å²) in [5, 5.41) is 10.3. The van der Waals surface area contributed by atoms with Crippen molar-refractivity contribution in [3.05, 3.63) is 47.0 Å². The van der Waals surface area contributed by atoms with Gasteiger partial charge in [0.15, 0.2) is 0 Å². The molecule has 6 heteroatoms. The number of rotatable bonds is 2.